The average Bonchev–Trinajstić information content (AvgIpc) is 3.12. The number of nitriles is 1. The van der Waals surface area contributed by atoms with E-state index in [1.54, 1.807) is 24.3 Å². The number of aliphatic hydroxyl groups excluding tert-OH is 1. The molecule has 35 heavy (non-hydrogen) atoms. The molecule has 1 saturated carbocycles. The molecule has 1 saturated heterocycles. The van der Waals surface area contributed by atoms with Gasteiger partial charge < -0.3 is 20.4 Å². The molecule has 2 aromatic carbocycles. The standard InChI is InChI=1S/C27H29N5O3/c1-16-10-20(17(2)29-21-8-4-3-7-19(21)26(34)35)24-22(11-16)30-23(13-28)25(31-24)32-14-27(15-33)9-5-6-18(32)12-27/h3-4,7-8,10-11,17-18,29,33H,5-6,9,12,14-15H2,1-2H3,(H,34,35)/t17-,18?,27?/m1/s1. The van der Waals surface area contributed by atoms with Gasteiger partial charge in [0, 0.05) is 29.3 Å². The summed E-state index contributed by atoms with van der Waals surface area (Å²) in [6, 6.07) is 13.0. The number of aromatic carboxylic acids is 1. The van der Waals surface area contributed by atoms with Gasteiger partial charge in [0.1, 0.15) is 6.07 Å². The molecule has 1 aliphatic carbocycles. The molecule has 1 aliphatic heterocycles. The van der Waals surface area contributed by atoms with Crippen molar-refractivity contribution in [2.45, 2.75) is 51.6 Å². The van der Waals surface area contributed by atoms with Crippen molar-refractivity contribution in [3.8, 4) is 6.07 Å². The van der Waals surface area contributed by atoms with E-state index in [0.717, 1.165) is 36.8 Å². The molecule has 3 aromatic rings. The monoisotopic (exact) mass is 471 g/mol. The zero-order chi connectivity index (χ0) is 24.7. The Morgan fingerprint density at radius 1 is 1.34 bits per heavy atom. The van der Waals surface area contributed by atoms with Crippen molar-refractivity contribution in [1.29, 1.82) is 5.26 Å². The van der Waals surface area contributed by atoms with Crippen LogP contribution in [-0.4, -0.2) is 45.3 Å². The molecule has 2 aliphatic rings. The number of hydrogen-bond acceptors (Lipinski definition) is 7. The van der Waals surface area contributed by atoms with Gasteiger partial charge in [-0.1, -0.05) is 24.6 Å². The van der Waals surface area contributed by atoms with E-state index in [0.29, 0.717) is 34.8 Å². The first-order valence-corrected chi connectivity index (χ1v) is 12.0. The van der Waals surface area contributed by atoms with Crippen molar-refractivity contribution in [1.82, 2.24) is 9.97 Å². The molecule has 2 unspecified atom stereocenters. The molecular weight excluding hydrogens is 442 g/mol. The number of carbonyl (C=O) groups is 1. The first-order chi connectivity index (χ1) is 16.8. The average molecular weight is 472 g/mol. The van der Waals surface area contributed by atoms with E-state index < -0.39 is 5.97 Å². The third-order valence-corrected chi connectivity index (χ3v) is 7.49. The van der Waals surface area contributed by atoms with E-state index in [4.69, 9.17) is 9.97 Å². The van der Waals surface area contributed by atoms with Crippen LogP contribution in [0.25, 0.3) is 11.0 Å². The number of para-hydroxylation sites is 1. The fraction of sp³-hybridized carbons (Fsp3) is 0.407. The maximum absolute atomic E-state index is 11.7. The topological polar surface area (TPSA) is 122 Å². The lowest BCUT2D eigenvalue weighted by Crippen LogP contribution is -2.31. The van der Waals surface area contributed by atoms with Gasteiger partial charge in [-0.05, 0) is 56.9 Å². The Kier molecular flexibility index (Phi) is 5.81. The van der Waals surface area contributed by atoms with Gasteiger partial charge in [-0.25, -0.2) is 14.8 Å². The smallest absolute Gasteiger partial charge is 0.337 e. The molecule has 8 heteroatoms. The van der Waals surface area contributed by atoms with Crippen molar-refractivity contribution < 1.29 is 15.0 Å². The molecule has 5 rings (SSSR count). The van der Waals surface area contributed by atoms with Crippen molar-refractivity contribution in [2.75, 3.05) is 23.4 Å². The second-order valence-corrected chi connectivity index (χ2v) is 9.98. The van der Waals surface area contributed by atoms with Crippen molar-refractivity contribution in [3.05, 3.63) is 58.8 Å². The van der Waals surface area contributed by atoms with Crippen LogP contribution in [0.4, 0.5) is 11.5 Å². The van der Waals surface area contributed by atoms with E-state index >= 15 is 0 Å². The Labute approximate surface area is 204 Å². The number of aliphatic hydroxyl groups is 1. The summed E-state index contributed by atoms with van der Waals surface area (Å²) in [5.74, 6) is -0.418. The normalized spacial score (nSPS) is 22.1. The molecule has 0 radical (unpaired) electrons. The molecule has 0 amide bonds. The molecular formula is C27H29N5O3. The second-order valence-electron chi connectivity index (χ2n) is 9.98. The molecule has 3 atom stereocenters. The number of rotatable bonds is 6. The number of carboxylic acids is 1. The summed E-state index contributed by atoms with van der Waals surface area (Å²) in [7, 11) is 0. The maximum atomic E-state index is 11.7. The number of hydrogen-bond donors (Lipinski definition) is 3. The van der Waals surface area contributed by atoms with Crippen LogP contribution in [0.2, 0.25) is 0 Å². The van der Waals surface area contributed by atoms with Crippen LogP contribution in [0.5, 0.6) is 0 Å². The maximum Gasteiger partial charge on any atom is 0.337 e. The summed E-state index contributed by atoms with van der Waals surface area (Å²) < 4.78 is 0. The fourth-order valence-corrected chi connectivity index (χ4v) is 5.79. The highest BCUT2D eigenvalue weighted by molar-refractivity contribution is 5.94. The minimum Gasteiger partial charge on any atom is -0.478 e. The highest BCUT2D eigenvalue weighted by Crippen LogP contribution is 2.47. The van der Waals surface area contributed by atoms with Crippen LogP contribution in [0, 0.1) is 23.7 Å². The van der Waals surface area contributed by atoms with Crippen LogP contribution in [0.3, 0.4) is 0 Å². The summed E-state index contributed by atoms with van der Waals surface area (Å²) in [5.41, 5.74) is 4.09. The Balaban J connectivity index is 1.59. The highest BCUT2D eigenvalue weighted by atomic mass is 16.4. The number of anilines is 2. The van der Waals surface area contributed by atoms with Gasteiger partial charge in [-0.3, -0.25) is 0 Å². The van der Waals surface area contributed by atoms with Crippen molar-refractivity contribution in [3.63, 3.8) is 0 Å². The number of fused-ring (bicyclic) bond motifs is 3. The van der Waals surface area contributed by atoms with E-state index in [2.05, 4.69) is 16.3 Å². The molecule has 1 aromatic heterocycles. The zero-order valence-electron chi connectivity index (χ0n) is 20.0. The number of nitrogens with zero attached hydrogens (tertiary/aromatic N) is 4. The van der Waals surface area contributed by atoms with E-state index in [-0.39, 0.29) is 29.7 Å². The van der Waals surface area contributed by atoms with Gasteiger partial charge in [-0.15, -0.1) is 0 Å². The number of nitrogens with one attached hydrogen (secondary N) is 1. The van der Waals surface area contributed by atoms with Crippen molar-refractivity contribution >= 4 is 28.5 Å². The lowest BCUT2D eigenvalue weighted by molar-refractivity contribution is 0.0698. The van der Waals surface area contributed by atoms with Crippen LogP contribution >= 0.6 is 0 Å². The highest BCUT2D eigenvalue weighted by Gasteiger charge is 2.47. The number of carboxylic acid groups (broad SMARTS) is 1. The summed E-state index contributed by atoms with van der Waals surface area (Å²) in [6.45, 7) is 4.74. The van der Waals surface area contributed by atoms with Crippen LogP contribution in [0.1, 0.15) is 65.8 Å². The van der Waals surface area contributed by atoms with Crippen LogP contribution < -0.4 is 10.2 Å². The van der Waals surface area contributed by atoms with Crippen molar-refractivity contribution in [2.24, 2.45) is 5.41 Å². The second kappa shape index (κ2) is 8.82. The van der Waals surface area contributed by atoms with Gasteiger partial charge in [0.25, 0.3) is 0 Å². The van der Waals surface area contributed by atoms with E-state index in [9.17, 15) is 20.3 Å². The Morgan fingerprint density at radius 2 is 2.14 bits per heavy atom. The van der Waals surface area contributed by atoms with Crippen LogP contribution in [0.15, 0.2) is 36.4 Å². The SMILES string of the molecule is Cc1cc([C@@H](C)Nc2ccccc2C(=O)O)c2nc(N3CC4(CO)CCCC3C4)c(C#N)nc2c1. The summed E-state index contributed by atoms with van der Waals surface area (Å²) in [4.78, 5) is 23.6. The first kappa shape index (κ1) is 23.1. The minimum absolute atomic E-state index is 0.136. The molecule has 180 valence electrons. The Hall–Kier alpha value is -3.70. The summed E-state index contributed by atoms with van der Waals surface area (Å²) in [5, 5.41) is 32.9. The fourth-order valence-electron chi connectivity index (χ4n) is 5.79. The number of aromatic nitrogens is 2. The lowest BCUT2D eigenvalue weighted by Gasteiger charge is -2.28. The molecule has 0 spiro atoms. The number of benzene rings is 2. The molecule has 2 bridgehead atoms. The van der Waals surface area contributed by atoms with Crippen LogP contribution in [-0.2, 0) is 0 Å². The third kappa shape index (κ3) is 4.06. The predicted molar refractivity (Wildman–Crippen MR) is 134 cm³/mol. The summed E-state index contributed by atoms with van der Waals surface area (Å²) in [6.07, 6.45) is 3.95. The van der Waals surface area contributed by atoms with Gasteiger partial charge in [0.15, 0.2) is 11.5 Å². The Bertz CT molecular complexity index is 1350. The molecule has 8 nitrogen and oxygen atoms in total. The van der Waals surface area contributed by atoms with E-state index in [1.807, 2.05) is 26.0 Å². The Morgan fingerprint density at radius 3 is 2.86 bits per heavy atom. The predicted octanol–water partition coefficient (Wildman–Crippen LogP) is 4.42. The lowest BCUT2D eigenvalue weighted by atomic mass is 9.76. The largest absolute Gasteiger partial charge is 0.478 e. The van der Waals surface area contributed by atoms with E-state index in [1.165, 1.54) is 0 Å². The minimum atomic E-state index is -0.992. The third-order valence-electron chi connectivity index (χ3n) is 7.49. The molecule has 3 N–H and O–H groups in total. The van der Waals surface area contributed by atoms with Gasteiger partial charge >= 0.3 is 5.97 Å². The van der Waals surface area contributed by atoms with Gasteiger partial charge in [0.05, 0.1) is 29.2 Å². The van der Waals surface area contributed by atoms with Gasteiger partial charge in [-0.2, -0.15) is 5.26 Å². The number of aryl methyl sites for hydroxylation is 1. The summed E-state index contributed by atoms with van der Waals surface area (Å²) >= 11 is 0. The zero-order valence-corrected chi connectivity index (χ0v) is 20.0. The molecule has 2 heterocycles. The first-order valence-electron chi connectivity index (χ1n) is 12.0. The van der Waals surface area contributed by atoms with Gasteiger partial charge in [0.2, 0.25) is 0 Å². The molecule has 2 fully saturated rings. The quantitative estimate of drug-likeness (QED) is 0.483.